The van der Waals surface area contributed by atoms with Gasteiger partial charge in [-0.15, -0.1) is 0 Å². The highest BCUT2D eigenvalue weighted by Crippen LogP contribution is 2.40. The van der Waals surface area contributed by atoms with E-state index in [1.165, 1.54) is 0 Å². The molecule has 0 aliphatic carbocycles. The molecule has 0 amide bonds. The second kappa shape index (κ2) is 4.65. The van der Waals surface area contributed by atoms with Crippen molar-refractivity contribution in [3.63, 3.8) is 0 Å². The molecule has 10 heteroatoms. The molecule has 0 unspecified atom stereocenters. The molecule has 0 radical (unpaired) electrons. The Hall–Kier alpha value is -0.900. The van der Waals surface area contributed by atoms with Crippen LogP contribution in [-0.4, -0.2) is 13.9 Å². The van der Waals surface area contributed by atoms with Crippen molar-refractivity contribution in [3.05, 3.63) is 29.8 Å². The summed E-state index contributed by atoms with van der Waals surface area (Å²) >= 11 is 0. The van der Waals surface area contributed by atoms with Gasteiger partial charge in [-0.25, -0.2) is 8.42 Å². The van der Waals surface area contributed by atoms with Crippen LogP contribution in [0.3, 0.4) is 0 Å². The highest BCUT2D eigenvalue weighted by atomic mass is 33.1. The summed E-state index contributed by atoms with van der Waals surface area (Å²) in [5.41, 5.74) is -6.42. The highest BCUT2D eigenvalue weighted by Gasteiger charge is 2.39. The van der Waals surface area contributed by atoms with Crippen molar-refractivity contribution in [1.82, 2.24) is 0 Å². The molecular weight excluding hydrogens is 306 g/mol. The second-order valence-corrected chi connectivity index (χ2v) is 6.83. The van der Waals surface area contributed by atoms with Gasteiger partial charge in [0.05, 0.1) is 21.3 Å². The van der Waals surface area contributed by atoms with Crippen LogP contribution < -0.4 is 0 Å². The van der Waals surface area contributed by atoms with Gasteiger partial charge < -0.3 is 0 Å². The smallest absolute Gasteiger partial charge is 0.212 e. The Balaban J connectivity index is 3.19. The van der Waals surface area contributed by atoms with E-state index in [1.807, 2.05) is 0 Å². The normalized spacial score (nSPS) is 13.7. The monoisotopic (exact) mass is 310 g/mol. The minimum atomic E-state index is -5.09. The molecule has 0 spiro atoms. The van der Waals surface area contributed by atoms with Gasteiger partial charge in [0.25, 0.3) is 0 Å². The maximum absolute atomic E-state index is 12.3. The fraction of sp³-hybridized carbons (Fsp3) is 0.250. The van der Waals surface area contributed by atoms with Crippen LogP contribution in [0.2, 0.25) is 0 Å². The predicted molar refractivity (Wildman–Crippen MR) is 52.3 cm³/mol. The first-order valence-electron chi connectivity index (χ1n) is 4.11. The van der Waals surface area contributed by atoms with Crippen LogP contribution in [0.4, 0.5) is 26.3 Å². The summed E-state index contributed by atoms with van der Waals surface area (Å²) in [6.45, 7) is 0. The van der Waals surface area contributed by atoms with E-state index in [4.69, 9.17) is 0 Å². The topological polar surface area (TPSA) is 34.1 Å². The van der Waals surface area contributed by atoms with Crippen molar-refractivity contribution < 1.29 is 34.8 Å². The maximum atomic E-state index is 12.3. The van der Waals surface area contributed by atoms with Gasteiger partial charge in [-0.05, 0) is 18.2 Å². The van der Waals surface area contributed by atoms with E-state index in [2.05, 4.69) is 0 Å². The summed E-state index contributed by atoms with van der Waals surface area (Å²) in [5, 5.41) is 0. The fourth-order valence-corrected chi connectivity index (χ4v) is 3.21. The summed E-state index contributed by atoms with van der Waals surface area (Å²) in [5.74, 6) is 0. The molecule has 0 saturated carbocycles. The minimum Gasteiger partial charge on any atom is -0.212 e. The van der Waals surface area contributed by atoms with Gasteiger partial charge in [0.1, 0.15) is 0 Å². The van der Waals surface area contributed by atoms with Crippen LogP contribution in [0.25, 0.3) is 0 Å². The molecule has 0 saturated heterocycles. The van der Waals surface area contributed by atoms with E-state index in [1.54, 1.807) is 0 Å². The van der Waals surface area contributed by atoms with Crippen molar-refractivity contribution in [1.29, 1.82) is 0 Å². The first-order valence-corrected chi connectivity index (χ1v) is 6.93. The Bertz CT molecular complexity index is 531. The van der Waals surface area contributed by atoms with Crippen LogP contribution in [-0.2, 0) is 15.0 Å². The molecule has 0 bridgehead atoms. The summed E-state index contributed by atoms with van der Waals surface area (Å²) in [6.07, 6.45) is -4.82. The SMILES string of the molecule is O=S(=O)(SC(F)(F)F)c1cccc(C(F)(F)F)c1. The Morgan fingerprint density at radius 3 is 2.00 bits per heavy atom. The Morgan fingerprint density at radius 2 is 1.56 bits per heavy atom. The fourth-order valence-electron chi connectivity index (χ4n) is 1.00. The molecule has 0 heterocycles. The van der Waals surface area contributed by atoms with Crippen LogP contribution >= 0.6 is 10.8 Å². The van der Waals surface area contributed by atoms with Crippen molar-refractivity contribution in [2.45, 2.75) is 16.6 Å². The molecule has 0 aromatic heterocycles. The van der Waals surface area contributed by atoms with Crippen LogP contribution in [0.5, 0.6) is 0 Å². The largest absolute Gasteiger partial charge is 0.456 e. The van der Waals surface area contributed by atoms with E-state index in [-0.39, 0.29) is 6.07 Å². The predicted octanol–water partition coefficient (Wildman–Crippen LogP) is 3.65. The molecule has 1 aromatic rings. The van der Waals surface area contributed by atoms with E-state index in [9.17, 15) is 34.8 Å². The van der Waals surface area contributed by atoms with Gasteiger partial charge in [0, 0.05) is 0 Å². The zero-order chi connectivity index (χ0) is 14.2. The van der Waals surface area contributed by atoms with E-state index in [0.29, 0.717) is 12.1 Å². The third kappa shape index (κ3) is 4.09. The van der Waals surface area contributed by atoms with Gasteiger partial charge in [-0.2, -0.15) is 26.3 Å². The first kappa shape index (κ1) is 15.2. The highest BCUT2D eigenvalue weighted by molar-refractivity contribution is 8.72. The zero-order valence-corrected chi connectivity index (χ0v) is 9.84. The lowest BCUT2D eigenvalue weighted by molar-refractivity contribution is -0.137. The lowest BCUT2D eigenvalue weighted by atomic mass is 10.2. The summed E-state index contributed by atoms with van der Waals surface area (Å²) in [6, 6.07) is 2.13. The lowest BCUT2D eigenvalue weighted by Gasteiger charge is -2.09. The summed E-state index contributed by atoms with van der Waals surface area (Å²) in [4.78, 5) is -1.04. The van der Waals surface area contributed by atoms with Gasteiger partial charge in [0.15, 0.2) is 0 Å². The number of halogens is 6. The second-order valence-electron chi connectivity index (χ2n) is 3.01. The van der Waals surface area contributed by atoms with E-state index >= 15 is 0 Å². The molecule has 0 aliphatic heterocycles. The molecule has 0 N–H and O–H groups in total. The Morgan fingerprint density at radius 1 is 1.00 bits per heavy atom. The first-order chi connectivity index (χ1) is 7.92. The third-order valence-electron chi connectivity index (χ3n) is 1.65. The zero-order valence-electron chi connectivity index (χ0n) is 8.21. The minimum absolute atomic E-state index is 0.161. The van der Waals surface area contributed by atoms with Gasteiger partial charge in [-0.3, -0.25) is 0 Å². The Kier molecular flexibility index (Phi) is 3.92. The standard InChI is InChI=1S/C8H4F6O2S2/c9-7(10,11)5-2-1-3-6(4-5)18(15,16)17-8(12,13)14/h1-4H. The van der Waals surface area contributed by atoms with Crippen molar-refractivity contribution in [3.8, 4) is 0 Å². The quantitative estimate of drug-likeness (QED) is 0.618. The lowest BCUT2D eigenvalue weighted by Crippen LogP contribution is -2.10. The van der Waals surface area contributed by atoms with Gasteiger partial charge in [0.2, 0.25) is 8.87 Å². The van der Waals surface area contributed by atoms with Gasteiger partial charge in [-0.1, -0.05) is 6.07 Å². The van der Waals surface area contributed by atoms with Gasteiger partial charge >= 0.3 is 11.7 Å². The molecule has 18 heavy (non-hydrogen) atoms. The van der Waals surface area contributed by atoms with E-state index in [0.717, 1.165) is 6.07 Å². The van der Waals surface area contributed by atoms with Crippen LogP contribution in [0, 0.1) is 0 Å². The van der Waals surface area contributed by atoms with Crippen LogP contribution in [0.1, 0.15) is 5.56 Å². The third-order valence-corrected chi connectivity index (χ3v) is 4.70. The maximum Gasteiger partial charge on any atom is 0.456 e. The van der Waals surface area contributed by atoms with E-state index < -0.39 is 41.8 Å². The Labute approximate surface area is 101 Å². The molecule has 1 rings (SSSR count). The van der Waals surface area contributed by atoms with Crippen molar-refractivity contribution >= 4 is 19.7 Å². The number of rotatable bonds is 2. The molecular formula is C8H4F6O2S2. The number of alkyl halides is 6. The number of hydrogen-bond donors (Lipinski definition) is 0. The molecule has 0 atom stereocenters. The number of benzene rings is 1. The number of hydrogen-bond acceptors (Lipinski definition) is 3. The molecule has 2 nitrogen and oxygen atoms in total. The average molecular weight is 310 g/mol. The molecule has 0 aliphatic rings. The van der Waals surface area contributed by atoms with Crippen molar-refractivity contribution in [2.24, 2.45) is 0 Å². The molecule has 1 aromatic carbocycles. The molecule has 0 fully saturated rings. The summed E-state index contributed by atoms with van der Waals surface area (Å²) in [7, 11) is -6.27. The van der Waals surface area contributed by atoms with Crippen LogP contribution in [0.15, 0.2) is 29.2 Å². The molecule has 102 valence electrons. The van der Waals surface area contributed by atoms with Crippen molar-refractivity contribution in [2.75, 3.05) is 0 Å². The average Bonchev–Trinajstić information content (AvgIpc) is 2.13. The summed E-state index contributed by atoms with van der Waals surface area (Å²) < 4.78 is 95.0.